The van der Waals surface area contributed by atoms with E-state index in [1.807, 2.05) is 11.8 Å². The van der Waals surface area contributed by atoms with Gasteiger partial charge in [-0.25, -0.2) is 0 Å². The molecule has 0 aliphatic carbocycles. The number of hydrogen-bond donors (Lipinski definition) is 2. The Morgan fingerprint density at radius 1 is 1.71 bits per heavy atom. The number of rotatable bonds is 3. The van der Waals surface area contributed by atoms with Crippen molar-refractivity contribution in [2.24, 2.45) is 5.73 Å². The van der Waals surface area contributed by atoms with Crippen LogP contribution in [0.1, 0.15) is 26.7 Å². The van der Waals surface area contributed by atoms with E-state index < -0.39 is 6.04 Å². The molecule has 0 aromatic rings. The number of halogens is 1. The molecule has 1 fully saturated rings. The fourth-order valence-corrected chi connectivity index (χ4v) is 2.66. The summed E-state index contributed by atoms with van der Waals surface area (Å²) in [6, 6.07) is -0.394. The number of thioether (sulfide) groups is 1. The molecule has 1 aliphatic heterocycles. The first-order valence-electron chi connectivity index (χ1n) is 4.71. The maximum Gasteiger partial charge on any atom is 0.236 e. The highest BCUT2D eigenvalue weighted by molar-refractivity contribution is 8.00. The SMILES string of the molecule is CC(N)C(=O)NCC1(C)CCCS1.Cl. The van der Waals surface area contributed by atoms with Crippen LogP contribution in [-0.4, -0.2) is 29.0 Å². The predicted octanol–water partition coefficient (Wildman–Crippen LogP) is 1.16. The number of nitrogens with two attached hydrogens (primary N) is 1. The van der Waals surface area contributed by atoms with E-state index in [4.69, 9.17) is 5.73 Å². The second-order valence-electron chi connectivity index (χ2n) is 3.91. The van der Waals surface area contributed by atoms with Crippen LogP contribution in [0.5, 0.6) is 0 Å². The van der Waals surface area contributed by atoms with Gasteiger partial charge in [-0.15, -0.1) is 12.4 Å². The average molecular weight is 239 g/mol. The van der Waals surface area contributed by atoms with Gasteiger partial charge in [-0.1, -0.05) is 0 Å². The quantitative estimate of drug-likeness (QED) is 0.776. The number of carbonyl (C=O) groups is 1. The molecule has 0 bridgehead atoms. The Labute approximate surface area is 96.0 Å². The summed E-state index contributed by atoms with van der Waals surface area (Å²) in [6.45, 7) is 4.66. The summed E-state index contributed by atoms with van der Waals surface area (Å²) in [5.41, 5.74) is 5.44. The predicted molar refractivity (Wildman–Crippen MR) is 64.0 cm³/mol. The van der Waals surface area contributed by atoms with Gasteiger partial charge in [0, 0.05) is 11.3 Å². The Morgan fingerprint density at radius 3 is 2.79 bits per heavy atom. The summed E-state index contributed by atoms with van der Waals surface area (Å²) in [5.74, 6) is 1.17. The van der Waals surface area contributed by atoms with Crippen LogP contribution in [0.2, 0.25) is 0 Å². The van der Waals surface area contributed by atoms with E-state index in [2.05, 4.69) is 12.2 Å². The van der Waals surface area contributed by atoms with Crippen LogP contribution in [0.15, 0.2) is 0 Å². The van der Waals surface area contributed by atoms with Crippen molar-refractivity contribution in [1.29, 1.82) is 0 Å². The van der Waals surface area contributed by atoms with Crippen molar-refractivity contribution in [3.8, 4) is 0 Å². The van der Waals surface area contributed by atoms with Crippen LogP contribution >= 0.6 is 24.2 Å². The third-order valence-electron chi connectivity index (χ3n) is 2.35. The lowest BCUT2D eigenvalue weighted by molar-refractivity contribution is -0.122. The fraction of sp³-hybridized carbons (Fsp3) is 0.889. The van der Waals surface area contributed by atoms with E-state index in [0.29, 0.717) is 0 Å². The molecule has 0 aromatic heterocycles. The zero-order valence-electron chi connectivity index (χ0n) is 8.71. The third kappa shape index (κ3) is 4.07. The molecule has 1 rings (SSSR count). The lowest BCUT2D eigenvalue weighted by Crippen LogP contribution is -2.43. The first-order valence-corrected chi connectivity index (χ1v) is 5.69. The van der Waals surface area contributed by atoms with Gasteiger partial charge in [0.05, 0.1) is 6.04 Å². The zero-order valence-corrected chi connectivity index (χ0v) is 10.3. The highest BCUT2D eigenvalue weighted by atomic mass is 35.5. The van der Waals surface area contributed by atoms with Gasteiger partial charge in [-0.2, -0.15) is 11.8 Å². The molecule has 1 heterocycles. The molecule has 3 nitrogen and oxygen atoms in total. The molecular formula is C9H19ClN2OS. The van der Waals surface area contributed by atoms with Crippen molar-refractivity contribution in [2.45, 2.75) is 37.5 Å². The molecule has 5 heteroatoms. The lowest BCUT2D eigenvalue weighted by Gasteiger charge is -2.23. The number of carbonyl (C=O) groups excluding carboxylic acids is 1. The number of hydrogen-bond acceptors (Lipinski definition) is 3. The lowest BCUT2D eigenvalue weighted by atomic mass is 10.1. The minimum Gasteiger partial charge on any atom is -0.353 e. The van der Waals surface area contributed by atoms with Gasteiger partial charge in [0.15, 0.2) is 0 Å². The van der Waals surface area contributed by atoms with Crippen LogP contribution in [-0.2, 0) is 4.79 Å². The Balaban J connectivity index is 0.00000169. The van der Waals surface area contributed by atoms with Crippen molar-refractivity contribution in [3.63, 3.8) is 0 Å². The third-order valence-corrected chi connectivity index (χ3v) is 3.89. The van der Waals surface area contributed by atoms with Crippen molar-refractivity contribution >= 4 is 30.1 Å². The summed E-state index contributed by atoms with van der Waals surface area (Å²) in [7, 11) is 0. The van der Waals surface area contributed by atoms with Crippen LogP contribution in [0.3, 0.4) is 0 Å². The molecule has 84 valence electrons. The normalized spacial score (nSPS) is 27.9. The van der Waals surface area contributed by atoms with Gasteiger partial charge in [0.25, 0.3) is 0 Å². The molecule has 14 heavy (non-hydrogen) atoms. The Morgan fingerprint density at radius 2 is 2.36 bits per heavy atom. The molecule has 1 amide bonds. The Kier molecular flexibility index (Phi) is 5.86. The number of amides is 1. The number of nitrogens with one attached hydrogen (secondary N) is 1. The standard InChI is InChI=1S/C9H18N2OS.ClH/c1-7(10)8(12)11-6-9(2)4-3-5-13-9;/h7H,3-6,10H2,1-2H3,(H,11,12);1H. The molecule has 2 unspecified atom stereocenters. The molecule has 1 saturated heterocycles. The summed E-state index contributed by atoms with van der Waals surface area (Å²) in [6.07, 6.45) is 2.45. The van der Waals surface area contributed by atoms with E-state index in [0.717, 1.165) is 6.54 Å². The van der Waals surface area contributed by atoms with Crippen LogP contribution in [0.25, 0.3) is 0 Å². The first kappa shape index (κ1) is 14.1. The van der Waals surface area contributed by atoms with Gasteiger partial charge < -0.3 is 11.1 Å². The zero-order chi connectivity index (χ0) is 9.90. The Bertz CT molecular complexity index is 193. The van der Waals surface area contributed by atoms with Gasteiger partial charge in [0.1, 0.15) is 0 Å². The average Bonchev–Trinajstić information content (AvgIpc) is 2.48. The van der Waals surface area contributed by atoms with Gasteiger partial charge in [-0.3, -0.25) is 4.79 Å². The van der Waals surface area contributed by atoms with Crippen LogP contribution in [0, 0.1) is 0 Å². The maximum atomic E-state index is 11.2. The summed E-state index contributed by atoms with van der Waals surface area (Å²) in [5, 5.41) is 2.88. The topological polar surface area (TPSA) is 55.1 Å². The minimum absolute atomic E-state index is 0. The largest absolute Gasteiger partial charge is 0.353 e. The second kappa shape index (κ2) is 5.83. The maximum absolute atomic E-state index is 11.2. The van der Waals surface area contributed by atoms with Crippen molar-refractivity contribution in [3.05, 3.63) is 0 Å². The monoisotopic (exact) mass is 238 g/mol. The summed E-state index contributed by atoms with van der Waals surface area (Å²) in [4.78, 5) is 11.2. The molecule has 2 atom stereocenters. The van der Waals surface area contributed by atoms with Crippen molar-refractivity contribution < 1.29 is 4.79 Å². The van der Waals surface area contributed by atoms with Gasteiger partial charge in [-0.05, 0) is 32.4 Å². The Hall–Kier alpha value is 0.0700. The van der Waals surface area contributed by atoms with E-state index in [1.165, 1.54) is 18.6 Å². The fourth-order valence-electron chi connectivity index (χ4n) is 1.41. The van der Waals surface area contributed by atoms with E-state index in [-0.39, 0.29) is 23.1 Å². The minimum atomic E-state index is -0.394. The summed E-state index contributed by atoms with van der Waals surface area (Å²) >= 11 is 1.94. The van der Waals surface area contributed by atoms with Crippen LogP contribution in [0.4, 0.5) is 0 Å². The van der Waals surface area contributed by atoms with Gasteiger partial charge >= 0.3 is 0 Å². The molecule has 0 saturated carbocycles. The van der Waals surface area contributed by atoms with Crippen molar-refractivity contribution in [2.75, 3.05) is 12.3 Å². The highest BCUT2D eigenvalue weighted by Crippen LogP contribution is 2.36. The molecule has 0 spiro atoms. The van der Waals surface area contributed by atoms with Crippen LogP contribution < -0.4 is 11.1 Å². The summed E-state index contributed by atoms with van der Waals surface area (Å²) < 4.78 is 0.241. The first-order chi connectivity index (χ1) is 6.03. The second-order valence-corrected chi connectivity index (χ2v) is 5.59. The van der Waals surface area contributed by atoms with Gasteiger partial charge in [0.2, 0.25) is 5.91 Å². The van der Waals surface area contributed by atoms with Crippen molar-refractivity contribution in [1.82, 2.24) is 5.32 Å². The highest BCUT2D eigenvalue weighted by Gasteiger charge is 2.29. The van der Waals surface area contributed by atoms with E-state index in [1.54, 1.807) is 6.92 Å². The van der Waals surface area contributed by atoms with E-state index in [9.17, 15) is 4.79 Å². The molecular weight excluding hydrogens is 220 g/mol. The van der Waals surface area contributed by atoms with E-state index >= 15 is 0 Å². The smallest absolute Gasteiger partial charge is 0.236 e. The molecule has 0 aromatic carbocycles. The molecule has 0 radical (unpaired) electrons. The molecule has 1 aliphatic rings. The molecule has 3 N–H and O–H groups in total.